The molecule has 2 atom stereocenters. The van der Waals surface area contributed by atoms with Crippen LogP contribution in [0.25, 0.3) is 5.65 Å². The largest absolute Gasteiger partial charge is 0.313 e. The van der Waals surface area contributed by atoms with E-state index >= 15 is 0 Å². The Labute approximate surface area is 202 Å². The molecule has 0 aromatic carbocycles. The van der Waals surface area contributed by atoms with Crippen molar-refractivity contribution in [2.24, 2.45) is 16.4 Å². The van der Waals surface area contributed by atoms with E-state index in [1.807, 2.05) is 0 Å². The number of aromatic nitrogens is 3. The Morgan fingerprint density at radius 2 is 1.53 bits per heavy atom. The molecular weight excluding hydrogens is 420 g/mol. The summed E-state index contributed by atoms with van der Waals surface area (Å²) >= 11 is 0. The third-order valence-electron chi connectivity index (χ3n) is 8.68. The summed E-state index contributed by atoms with van der Waals surface area (Å²) in [7, 11) is 0. The third kappa shape index (κ3) is 3.62. The zero-order chi connectivity index (χ0) is 23.1. The lowest BCUT2D eigenvalue weighted by Gasteiger charge is -2.28. The topological polar surface area (TPSA) is 40.9 Å². The number of hydrogen-bond acceptors (Lipinski definition) is 2. The van der Waals surface area contributed by atoms with E-state index in [9.17, 15) is 0 Å². The maximum absolute atomic E-state index is 5.05. The molecule has 6 nitrogen and oxygen atoms in total. The predicted molar refractivity (Wildman–Crippen MR) is 133 cm³/mol. The van der Waals surface area contributed by atoms with Gasteiger partial charge in [-0.2, -0.15) is 4.40 Å². The third-order valence-corrected chi connectivity index (χ3v) is 8.68. The molecule has 2 aliphatic carbocycles. The zero-order valence-corrected chi connectivity index (χ0v) is 20.7. The fraction of sp³-hybridized carbons (Fsp3) is 0.571. The smallest absolute Gasteiger partial charge is 0.226 e. The van der Waals surface area contributed by atoms with Crippen molar-refractivity contribution in [2.45, 2.75) is 96.1 Å². The average molecular weight is 459 g/mol. The first-order chi connectivity index (χ1) is 16.7. The van der Waals surface area contributed by atoms with E-state index in [0.717, 1.165) is 11.5 Å². The summed E-state index contributed by atoms with van der Waals surface area (Å²) in [5.74, 6) is 2.38. The van der Waals surface area contributed by atoms with Gasteiger partial charge >= 0.3 is 11.5 Å². The molecule has 0 amide bonds. The van der Waals surface area contributed by atoms with Gasteiger partial charge in [0.25, 0.3) is 0 Å². The molecule has 0 spiro atoms. The molecule has 2 fully saturated rings. The molecule has 6 rings (SSSR count). The molecule has 178 valence electrons. The van der Waals surface area contributed by atoms with E-state index in [-0.39, 0.29) is 0 Å². The number of rotatable bonds is 4. The zero-order valence-electron chi connectivity index (χ0n) is 20.7. The molecule has 2 saturated carbocycles. The highest BCUT2D eigenvalue weighted by Gasteiger charge is 2.49. The van der Waals surface area contributed by atoms with Crippen LogP contribution in [0.4, 0.5) is 5.82 Å². The van der Waals surface area contributed by atoms with Crippen LogP contribution in [0.2, 0.25) is 0 Å². The van der Waals surface area contributed by atoms with Gasteiger partial charge in [-0.15, -0.1) is 5.01 Å². The van der Waals surface area contributed by atoms with Crippen molar-refractivity contribution in [1.82, 2.24) is 4.68 Å². The van der Waals surface area contributed by atoms with E-state index in [0.29, 0.717) is 23.9 Å². The Morgan fingerprint density at radius 1 is 0.824 bits per heavy atom. The molecule has 0 radical (unpaired) electrons. The molecule has 0 saturated heterocycles. The second kappa shape index (κ2) is 9.12. The van der Waals surface area contributed by atoms with Crippen LogP contribution >= 0.6 is 0 Å². The van der Waals surface area contributed by atoms with Gasteiger partial charge in [-0.1, -0.05) is 55.3 Å². The summed E-state index contributed by atoms with van der Waals surface area (Å²) in [6.07, 6.45) is 17.5. The van der Waals surface area contributed by atoms with Crippen LogP contribution in [0.15, 0.2) is 59.2 Å². The van der Waals surface area contributed by atoms with E-state index in [4.69, 9.17) is 10.4 Å². The SMILES string of the molecule is Cc1c(C2CCCCC2)n(/N=N/N2c3cccc[n+]3C(C)C2C2CCCCC2)c2cccc[n+]12. The first kappa shape index (κ1) is 21.8. The Morgan fingerprint density at radius 3 is 2.32 bits per heavy atom. The number of fused-ring (bicyclic) bond motifs is 2. The Hall–Kier alpha value is -2.76. The van der Waals surface area contributed by atoms with Crippen LogP contribution in [0.3, 0.4) is 0 Å². The molecule has 3 aliphatic rings. The first-order valence-electron chi connectivity index (χ1n) is 13.5. The van der Waals surface area contributed by atoms with Crippen LogP contribution in [-0.4, -0.2) is 10.7 Å². The number of anilines is 1. The van der Waals surface area contributed by atoms with Crippen LogP contribution in [-0.2, 0) is 0 Å². The van der Waals surface area contributed by atoms with Gasteiger partial charge < -0.3 is 0 Å². The maximum Gasteiger partial charge on any atom is 0.313 e. The van der Waals surface area contributed by atoms with Gasteiger partial charge in [-0.05, 0) is 44.7 Å². The minimum Gasteiger partial charge on any atom is -0.226 e. The number of aryl methyl sites for hydroxylation is 1. The molecule has 34 heavy (non-hydrogen) atoms. The second-order valence-electron chi connectivity index (χ2n) is 10.7. The van der Waals surface area contributed by atoms with E-state index < -0.39 is 0 Å². The number of imidazole rings is 1. The minimum absolute atomic E-state index is 0.361. The molecule has 3 aromatic heterocycles. The van der Waals surface area contributed by atoms with E-state index in [2.05, 4.69) is 81.3 Å². The van der Waals surface area contributed by atoms with Gasteiger partial charge in [0.05, 0.1) is 22.8 Å². The standard InChI is InChI=1S/C28H38N6/c1-21-27(23-13-5-3-6-14-23)33(25-17-9-11-19-31(21)25)29-30-34-26-18-10-12-20-32(26)22(2)28(34)24-15-7-4-8-16-24/h9-12,17-21,23-24,27H,3-8,13-16H2,1-2H3/q+2/b30-29+. The van der Waals surface area contributed by atoms with Crippen LogP contribution < -0.4 is 14.0 Å². The number of pyridine rings is 2. The van der Waals surface area contributed by atoms with Crippen LogP contribution in [0.1, 0.15) is 94.5 Å². The summed E-state index contributed by atoms with van der Waals surface area (Å²) in [4.78, 5) is 0. The fourth-order valence-corrected chi connectivity index (χ4v) is 6.99. The molecule has 4 heterocycles. The lowest BCUT2D eigenvalue weighted by molar-refractivity contribution is -0.697. The summed E-state index contributed by atoms with van der Waals surface area (Å²) in [6.45, 7) is 4.60. The van der Waals surface area contributed by atoms with Crippen LogP contribution in [0, 0.1) is 12.8 Å². The Balaban J connectivity index is 1.44. The number of nitrogens with zero attached hydrogens (tertiary/aromatic N) is 6. The predicted octanol–water partition coefficient (Wildman–Crippen LogP) is 6.03. The van der Waals surface area contributed by atoms with Crippen molar-refractivity contribution >= 4 is 11.5 Å². The van der Waals surface area contributed by atoms with Gasteiger partial charge in [0.2, 0.25) is 0 Å². The lowest BCUT2D eigenvalue weighted by atomic mass is 9.81. The Kier molecular flexibility index (Phi) is 5.84. The van der Waals surface area contributed by atoms with Crippen molar-refractivity contribution in [3.05, 3.63) is 60.2 Å². The highest BCUT2D eigenvalue weighted by molar-refractivity contribution is 5.38. The summed E-state index contributed by atoms with van der Waals surface area (Å²) in [5.41, 5.74) is 3.75. The summed E-state index contributed by atoms with van der Waals surface area (Å²) in [5, 5.41) is 12.3. The van der Waals surface area contributed by atoms with Crippen molar-refractivity contribution in [3.8, 4) is 0 Å². The fourth-order valence-electron chi connectivity index (χ4n) is 6.99. The van der Waals surface area contributed by atoms with Gasteiger partial charge in [0, 0.05) is 30.9 Å². The van der Waals surface area contributed by atoms with Gasteiger partial charge in [-0.3, -0.25) is 0 Å². The molecule has 0 N–H and O–H groups in total. The second-order valence-corrected chi connectivity index (χ2v) is 10.7. The van der Waals surface area contributed by atoms with Crippen molar-refractivity contribution in [3.63, 3.8) is 0 Å². The normalized spacial score (nSPS) is 24.4. The maximum atomic E-state index is 5.05. The summed E-state index contributed by atoms with van der Waals surface area (Å²) in [6, 6.07) is 13.6. The van der Waals surface area contributed by atoms with E-state index in [1.165, 1.54) is 75.6 Å². The molecule has 0 bridgehead atoms. The lowest BCUT2D eigenvalue weighted by Crippen LogP contribution is -2.42. The van der Waals surface area contributed by atoms with Crippen molar-refractivity contribution in [1.29, 1.82) is 0 Å². The van der Waals surface area contributed by atoms with Gasteiger partial charge in [0.15, 0.2) is 17.4 Å². The van der Waals surface area contributed by atoms with Crippen LogP contribution in [0.5, 0.6) is 0 Å². The first-order valence-corrected chi connectivity index (χ1v) is 13.5. The summed E-state index contributed by atoms with van der Waals surface area (Å²) < 4.78 is 6.84. The molecule has 6 heteroatoms. The quantitative estimate of drug-likeness (QED) is 0.348. The Bertz CT molecular complexity index is 1180. The monoisotopic (exact) mass is 458 g/mol. The highest BCUT2D eigenvalue weighted by Crippen LogP contribution is 2.39. The molecule has 3 aromatic rings. The van der Waals surface area contributed by atoms with Gasteiger partial charge in [0.1, 0.15) is 6.04 Å². The average Bonchev–Trinajstić information content (AvgIpc) is 3.34. The van der Waals surface area contributed by atoms with Crippen molar-refractivity contribution in [2.75, 3.05) is 5.01 Å². The molecular formula is C28H38N6+2. The van der Waals surface area contributed by atoms with Crippen molar-refractivity contribution < 1.29 is 8.97 Å². The molecule has 1 aliphatic heterocycles. The van der Waals surface area contributed by atoms with Gasteiger partial charge in [-0.25, -0.2) is 4.57 Å². The molecule has 2 unspecified atom stereocenters. The van der Waals surface area contributed by atoms with E-state index in [1.54, 1.807) is 0 Å². The minimum atomic E-state index is 0.361. The highest BCUT2D eigenvalue weighted by atomic mass is 15.7. The number of hydrogen-bond donors (Lipinski definition) is 0.